The molecule has 1 aliphatic heterocycles. The van der Waals surface area contributed by atoms with E-state index in [1.54, 1.807) is 10.7 Å². The summed E-state index contributed by atoms with van der Waals surface area (Å²) in [6.07, 6.45) is 1.92. The number of rotatable bonds is 5. The van der Waals surface area contributed by atoms with Crippen molar-refractivity contribution in [1.29, 1.82) is 0 Å². The van der Waals surface area contributed by atoms with E-state index in [0.717, 1.165) is 0 Å². The number of aromatic nitrogens is 4. The third kappa shape index (κ3) is 3.49. The van der Waals surface area contributed by atoms with Crippen LogP contribution in [0.3, 0.4) is 0 Å². The molecule has 1 aliphatic rings. The molecular weight excluding hydrogens is 435 g/mol. The van der Waals surface area contributed by atoms with Gasteiger partial charge in [-0.3, -0.25) is 9.69 Å². The summed E-state index contributed by atoms with van der Waals surface area (Å²) in [5.74, 6) is 0.0727. The number of aldehydes is 1. The fourth-order valence-electron chi connectivity index (χ4n) is 4.27. The first-order chi connectivity index (χ1) is 15.1. The lowest BCUT2D eigenvalue weighted by Crippen LogP contribution is -2.54. The fraction of sp³-hybridized carbons (Fsp3) is 0.455. The molecule has 0 saturated carbocycles. The van der Waals surface area contributed by atoms with Gasteiger partial charge in [0.25, 0.3) is 0 Å². The number of benzene rings is 1. The van der Waals surface area contributed by atoms with Crippen LogP contribution in [-0.2, 0) is 0 Å². The molecule has 0 aliphatic carbocycles. The monoisotopic (exact) mass is 460 g/mol. The Morgan fingerprint density at radius 2 is 2.03 bits per heavy atom. The van der Waals surface area contributed by atoms with E-state index in [4.69, 9.17) is 22.1 Å². The summed E-state index contributed by atoms with van der Waals surface area (Å²) >= 11 is 6.33. The number of hydrogen-bond acceptors (Lipinski definition) is 7. The zero-order valence-corrected chi connectivity index (χ0v) is 19.4. The molecule has 10 heteroatoms. The highest BCUT2D eigenvalue weighted by molar-refractivity contribution is 6.31. The Morgan fingerprint density at radius 1 is 1.34 bits per heavy atom. The van der Waals surface area contributed by atoms with Crippen LogP contribution in [0.4, 0.5) is 10.2 Å². The smallest absolute Gasteiger partial charge is 0.171 e. The molecule has 3 aromatic rings. The molecule has 32 heavy (non-hydrogen) atoms. The second-order valence-electron chi connectivity index (χ2n) is 9.06. The van der Waals surface area contributed by atoms with Gasteiger partial charge in [0, 0.05) is 35.7 Å². The van der Waals surface area contributed by atoms with Crippen LogP contribution in [-0.4, -0.2) is 56.7 Å². The number of hydrogen-bond donors (Lipinski definition) is 1. The number of carbonyl (C=O) groups excluding carboxylic acids is 1. The normalized spacial score (nSPS) is 16.2. The molecule has 2 aromatic heterocycles. The van der Waals surface area contributed by atoms with Crippen LogP contribution in [0.2, 0.25) is 5.02 Å². The van der Waals surface area contributed by atoms with Gasteiger partial charge in [-0.2, -0.15) is 5.10 Å². The van der Waals surface area contributed by atoms with Crippen LogP contribution in [0, 0.1) is 5.82 Å². The van der Waals surface area contributed by atoms with Crippen molar-refractivity contribution in [3.8, 4) is 5.75 Å². The van der Waals surface area contributed by atoms with E-state index in [9.17, 15) is 4.79 Å². The van der Waals surface area contributed by atoms with Crippen LogP contribution in [0.1, 0.15) is 61.3 Å². The zero-order valence-electron chi connectivity index (χ0n) is 18.7. The van der Waals surface area contributed by atoms with Crippen molar-refractivity contribution in [3.63, 3.8) is 0 Å². The molecule has 1 saturated heterocycles. The minimum absolute atomic E-state index is 0.00620. The highest BCUT2D eigenvalue weighted by Gasteiger charge is 2.39. The Morgan fingerprint density at radius 3 is 2.62 bits per heavy atom. The number of anilines is 1. The number of fused-ring (bicyclic) bond motifs is 1. The first-order valence-electron chi connectivity index (χ1n) is 10.3. The van der Waals surface area contributed by atoms with E-state index < -0.39 is 11.9 Å². The molecule has 4 rings (SSSR count). The second kappa shape index (κ2) is 7.97. The minimum atomic E-state index is -0.469. The number of methoxy groups -OCH3 is 1. The molecule has 0 spiro atoms. The lowest BCUT2D eigenvalue weighted by Gasteiger charge is -2.48. The van der Waals surface area contributed by atoms with Gasteiger partial charge in [0.2, 0.25) is 0 Å². The molecule has 2 N–H and O–H groups in total. The Hall–Kier alpha value is -2.78. The largest absolute Gasteiger partial charge is 0.496 e. The van der Waals surface area contributed by atoms with Crippen molar-refractivity contribution in [2.45, 2.75) is 45.2 Å². The summed E-state index contributed by atoms with van der Waals surface area (Å²) in [6.45, 7) is 9.65. The SMILES string of the molecule is COc1c(C(C)n2nc(C=O)c3c(N)ncnc32)cc(Cl)c(F)c1C1CN(C(C)(C)C)C1. The van der Waals surface area contributed by atoms with Gasteiger partial charge >= 0.3 is 0 Å². The quantitative estimate of drug-likeness (QED) is 0.577. The van der Waals surface area contributed by atoms with Crippen molar-refractivity contribution in [1.82, 2.24) is 24.6 Å². The maximum Gasteiger partial charge on any atom is 0.171 e. The van der Waals surface area contributed by atoms with Crippen LogP contribution in [0.5, 0.6) is 5.75 Å². The Labute approximate surface area is 190 Å². The number of ether oxygens (including phenoxy) is 1. The molecular formula is C22H26ClFN6O2. The van der Waals surface area contributed by atoms with E-state index >= 15 is 4.39 Å². The molecule has 3 heterocycles. The van der Waals surface area contributed by atoms with E-state index in [2.05, 4.69) is 40.7 Å². The van der Waals surface area contributed by atoms with Crippen LogP contribution < -0.4 is 10.5 Å². The van der Waals surface area contributed by atoms with Crippen molar-refractivity contribution >= 4 is 34.7 Å². The van der Waals surface area contributed by atoms with Crippen LogP contribution in [0.25, 0.3) is 11.0 Å². The molecule has 0 radical (unpaired) electrons. The summed E-state index contributed by atoms with van der Waals surface area (Å²) in [7, 11) is 1.51. The second-order valence-corrected chi connectivity index (χ2v) is 9.47. The Balaban J connectivity index is 1.83. The summed E-state index contributed by atoms with van der Waals surface area (Å²) in [5.41, 5.74) is 7.59. The molecule has 0 bridgehead atoms. The van der Waals surface area contributed by atoms with Gasteiger partial charge in [0.05, 0.1) is 23.6 Å². The van der Waals surface area contributed by atoms with Gasteiger partial charge in [-0.1, -0.05) is 11.6 Å². The number of likely N-dealkylation sites (tertiary alicyclic amines) is 1. The van der Waals surface area contributed by atoms with Crippen LogP contribution >= 0.6 is 11.6 Å². The Bertz CT molecular complexity index is 1200. The van der Waals surface area contributed by atoms with Crippen molar-refractivity contribution < 1.29 is 13.9 Å². The summed E-state index contributed by atoms with van der Waals surface area (Å²) in [4.78, 5) is 22.1. The maximum atomic E-state index is 15.2. The lowest BCUT2D eigenvalue weighted by molar-refractivity contribution is 0.0448. The first kappa shape index (κ1) is 22.4. The van der Waals surface area contributed by atoms with Crippen LogP contribution in [0.15, 0.2) is 12.4 Å². The summed E-state index contributed by atoms with van der Waals surface area (Å²) < 4.78 is 22.5. The van der Waals surface area contributed by atoms with Crippen molar-refractivity contribution in [2.24, 2.45) is 0 Å². The van der Waals surface area contributed by atoms with Gasteiger partial charge in [-0.05, 0) is 33.8 Å². The minimum Gasteiger partial charge on any atom is -0.496 e. The van der Waals surface area contributed by atoms with E-state index in [-0.39, 0.29) is 28.0 Å². The van der Waals surface area contributed by atoms with Gasteiger partial charge in [-0.15, -0.1) is 0 Å². The predicted octanol–water partition coefficient (Wildman–Crippen LogP) is 3.83. The molecule has 8 nitrogen and oxygen atoms in total. The highest BCUT2D eigenvalue weighted by atomic mass is 35.5. The highest BCUT2D eigenvalue weighted by Crippen LogP contribution is 2.44. The van der Waals surface area contributed by atoms with Crippen molar-refractivity contribution in [2.75, 3.05) is 25.9 Å². The van der Waals surface area contributed by atoms with Crippen molar-refractivity contribution in [3.05, 3.63) is 40.1 Å². The van der Waals surface area contributed by atoms with Gasteiger partial charge in [0.15, 0.2) is 11.9 Å². The Kier molecular flexibility index (Phi) is 5.58. The van der Waals surface area contributed by atoms with Gasteiger partial charge in [0.1, 0.15) is 29.4 Å². The molecule has 1 unspecified atom stereocenters. The van der Waals surface area contributed by atoms with E-state index in [1.807, 2.05) is 6.92 Å². The maximum absolute atomic E-state index is 15.2. The topological polar surface area (TPSA) is 99.2 Å². The number of nitrogens with two attached hydrogens (primary N) is 1. The average molecular weight is 461 g/mol. The first-order valence-corrected chi connectivity index (χ1v) is 10.7. The van der Waals surface area contributed by atoms with E-state index in [0.29, 0.717) is 47.3 Å². The average Bonchev–Trinajstić information content (AvgIpc) is 3.08. The molecule has 1 aromatic carbocycles. The number of nitrogen functional groups attached to an aromatic ring is 1. The van der Waals surface area contributed by atoms with Gasteiger partial charge in [-0.25, -0.2) is 19.0 Å². The lowest BCUT2D eigenvalue weighted by atomic mass is 9.84. The summed E-state index contributed by atoms with van der Waals surface area (Å²) in [5, 5.41) is 4.78. The standard InChI is InChI=1S/C22H26ClFN6O2/c1-11(30-21-17(15(9-31)28-30)20(25)26-10-27-21)13-6-14(23)18(24)16(19(13)32-5)12-7-29(8-12)22(2,3)4/h6,9-12H,7-8H2,1-5H3,(H2,25,26,27). The third-order valence-corrected chi connectivity index (χ3v) is 6.43. The third-order valence-electron chi connectivity index (χ3n) is 6.15. The summed E-state index contributed by atoms with van der Waals surface area (Å²) in [6, 6.07) is 1.08. The molecule has 1 atom stereocenters. The van der Waals surface area contributed by atoms with E-state index in [1.165, 1.54) is 13.4 Å². The fourth-order valence-corrected chi connectivity index (χ4v) is 4.49. The molecule has 1 fully saturated rings. The number of nitrogens with zero attached hydrogens (tertiary/aromatic N) is 5. The predicted molar refractivity (Wildman–Crippen MR) is 121 cm³/mol. The molecule has 170 valence electrons. The zero-order chi connectivity index (χ0) is 23.4. The number of halogens is 2. The number of carbonyl (C=O) groups is 1. The van der Waals surface area contributed by atoms with Gasteiger partial charge < -0.3 is 10.5 Å². The molecule has 0 amide bonds.